The van der Waals surface area contributed by atoms with E-state index in [-0.39, 0.29) is 5.97 Å². The second-order valence-corrected chi connectivity index (χ2v) is 5.62. The Kier molecular flexibility index (Phi) is 3.92. The molecule has 1 aliphatic heterocycles. The summed E-state index contributed by atoms with van der Waals surface area (Å²) in [5, 5.41) is 3.60. The maximum Gasteiger partial charge on any atom is 0.325 e. The van der Waals surface area contributed by atoms with Crippen molar-refractivity contribution in [1.82, 2.24) is 5.32 Å². The normalized spacial score (nSPS) is 20.9. The van der Waals surface area contributed by atoms with Crippen LogP contribution in [0.15, 0.2) is 24.3 Å². The van der Waals surface area contributed by atoms with E-state index in [2.05, 4.69) is 28.4 Å². The molecule has 0 aromatic heterocycles. The third kappa shape index (κ3) is 2.96. The van der Waals surface area contributed by atoms with E-state index in [4.69, 9.17) is 4.74 Å². The molecule has 1 unspecified atom stereocenters. The fraction of sp³-hybridized carbons (Fsp3) is 0.562. The van der Waals surface area contributed by atoms with Gasteiger partial charge in [0.05, 0.1) is 6.61 Å². The van der Waals surface area contributed by atoms with Crippen molar-refractivity contribution in [2.45, 2.75) is 31.7 Å². The predicted octanol–water partition coefficient (Wildman–Crippen LogP) is 1.91. The van der Waals surface area contributed by atoms with Crippen LogP contribution in [0.25, 0.3) is 0 Å². The number of fused-ring (bicyclic) bond motifs is 1. The highest BCUT2D eigenvalue weighted by Crippen LogP contribution is 2.36. The minimum Gasteiger partial charge on any atom is -0.465 e. The van der Waals surface area contributed by atoms with Gasteiger partial charge >= 0.3 is 5.97 Å². The van der Waals surface area contributed by atoms with Crippen LogP contribution in [0.1, 0.15) is 31.2 Å². The molecule has 3 rings (SSSR count). The van der Waals surface area contributed by atoms with Gasteiger partial charge in [0.2, 0.25) is 0 Å². The van der Waals surface area contributed by atoms with Crippen molar-refractivity contribution in [2.24, 2.45) is 0 Å². The van der Waals surface area contributed by atoms with Crippen LogP contribution < -0.4 is 10.2 Å². The Bertz CT molecular complexity index is 485. The van der Waals surface area contributed by atoms with E-state index in [9.17, 15) is 4.79 Å². The number of carbonyl (C=O) groups is 1. The number of nitrogens with zero attached hydrogens (tertiary/aromatic N) is 1. The van der Waals surface area contributed by atoms with Crippen LogP contribution in [0.3, 0.4) is 0 Å². The zero-order chi connectivity index (χ0) is 13.9. The Labute approximate surface area is 120 Å². The molecule has 1 saturated carbocycles. The summed E-state index contributed by atoms with van der Waals surface area (Å²) in [4.78, 5) is 13.9. The molecule has 108 valence electrons. The highest BCUT2D eigenvalue weighted by atomic mass is 16.5. The number of benzene rings is 1. The van der Waals surface area contributed by atoms with Crippen molar-refractivity contribution < 1.29 is 9.53 Å². The lowest BCUT2D eigenvalue weighted by atomic mass is 10.0. The first-order chi connectivity index (χ1) is 9.78. The fourth-order valence-corrected chi connectivity index (χ4v) is 2.87. The Balaban J connectivity index is 1.68. The van der Waals surface area contributed by atoms with E-state index in [0.717, 1.165) is 19.1 Å². The molecule has 1 N–H and O–H groups in total. The Hall–Kier alpha value is -1.55. The van der Waals surface area contributed by atoms with Gasteiger partial charge in [-0.05, 0) is 31.4 Å². The molecule has 0 amide bonds. The van der Waals surface area contributed by atoms with E-state index in [1.165, 1.54) is 24.1 Å². The molecule has 0 spiro atoms. The molecule has 0 bridgehead atoms. The number of ether oxygens (including phenoxy) is 1. The number of anilines is 1. The lowest BCUT2D eigenvalue weighted by molar-refractivity contribution is -0.141. The van der Waals surface area contributed by atoms with Gasteiger partial charge in [0, 0.05) is 30.7 Å². The topological polar surface area (TPSA) is 41.6 Å². The molecule has 1 aliphatic carbocycles. The third-order valence-electron chi connectivity index (χ3n) is 4.01. The van der Waals surface area contributed by atoms with Crippen molar-refractivity contribution in [2.75, 3.05) is 31.1 Å². The van der Waals surface area contributed by atoms with Crippen LogP contribution in [0.5, 0.6) is 0 Å². The second-order valence-electron chi connectivity index (χ2n) is 5.62. The molecular formula is C16H22N2O2. The SMILES string of the molecule is CCOC(=O)CN1CC(CNC2CC2)c2ccccc21. The van der Waals surface area contributed by atoms with Crippen LogP contribution in [0.4, 0.5) is 5.69 Å². The predicted molar refractivity (Wildman–Crippen MR) is 79.1 cm³/mol. The van der Waals surface area contributed by atoms with E-state index >= 15 is 0 Å². The average Bonchev–Trinajstić information content (AvgIpc) is 3.21. The number of para-hydroxylation sites is 1. The Morgan fingerprint density at radius 3 is 2.95 bits per heavy atom. The van der Waals surface area contributed by atoms with Crippen LogP contribution in [-0.2, 0) is 9.53 Å². The average molecular weight is 274 g/mol. The van der Waals surface area contributed by atoms with Crippen LogP contribution in [0.2, 0.25) is 0 Å². The first-order valence-electron chi connectivity index (χ1n) is 7.50. The van der Waals surface area contributed by atoms with Crippen LogP contribution in [0, 0.1) is 0 Å². The van der Waals surface area contributed by atoms with Crippen molar-refractivity contribution in [3.8, 4) is 0 Å². The number of nitrogens with one attached hydrogen (secondary N) is 1. The summed E-state index contributed by atoms with van der Waals surface area (Å²) in [6.45, 7) is 4.54. The van der Waals surface area contributed by atoms with Crippen molar-refractivity contribution in [3.63, 3.8) is 0 Å². The quantitative estimate of drug-likeness (QED) is 0.805. The summed E-state index contributed by atoms with van der Waals surface area (Å²) in [5.74, 6) is 0.333. The van der Waals surface area contributed by atoms with Gasteiger partial charge < -0.3 is 15.0 Å². The summed E-state index contributed by atoms with van der Waals surface area (Å²) < 4.78 is 5.07. The molecule has 4 nitrogen and oxygen atoms in total. The van der Waals surface area contributed by atoms with Crippen LogP contribution >= 0.6 is 0 Å². The summed E-state index contributed by atoms with van der Waals surface area (Å²) in [6, 6.07) is 9.12. The molecule has 1 atom stereocenters. The third-order valence-corrected chi connectivity index (χ3v) is 4.01. The molecule has 1 heterocycles. The minimum atomic E-state index is -0.141. The molecule has 4 heteroatoms. The van der Waals surface area contributed by atoms with Gasteiger partial charge in [0.25, 0.3) is 0 Å². The van der Waals surface area contributed by atoms with Crippen molar-refractivity contribution in [3.05, 3.63) is 29.8 Å². The second kappa shape index (κ2) is 5.83. The first-order valence-corrected chi connectivity index (χ1v) is 7.50. The lowest BCUT2D eigenvalue weighted by Gasteiger charge is -2.18. The van der Waals surface area contributed by atoms with Gasteiger partial charge in [-0.1, -0.05) is 18.2 Å². The molecular weight excluding hydrogens is 252 g/mol. The maximum atomic E-state index is 11.7. The highest BCUT2D eigenvalue weighted by molar-refractivity contribution is 5.77. The Morgan fingerprint density at radius 2 is 2.20 bits per heavy atom. The van der Waals surface area contributed by atoms with E-state index in [0.29, 0.717) is 19.1 Å². The smallest absolute Gasteiger partial charge is 0.325 e. The van der Waals surface area contributed by atoms with Crippen LogP contribution in [-0.4, -0.2) is 38.3 Å². The van der Waals surface area contributed by atoms with Gasteiger partial charge in [0.15, 0.2) is 0 Å². The maximum absolute atomic E-state index is 11.7. The Morgan fingerprint density at radius 1 is 1.40 bits per heavy atom. The number of carbonyl (C=O) groups excluding carboxylic acids is 1. The minimum absolute atomic E-state index is 0.141. The molecule has 0 radical (unpaired) electrons. The number of esters is 1. The van der Waals surface area contributed by atoms with Gasteiger partial charge in [-0.15, -0.1) is 0 Å². The number of hydrogen-bond donors (Lipinski definition) is 1. The zero-order valence-corrected chi connectivity index (χ0v) is 12.0. The summed E-state index contributed by atoms with van der Waals surface area (Å²) >= 11 is 0. The fourth-order valence-electron chi connectivity index (χ4n) is 2.87. The van der Waals surface area contributed by atoms with Gasteiger partial charge in [-0.25, -0.2) is 0 Å². The number of rotatable bonds is 6. The largest absolute Gasteiger partial charge is 0.465 e. The van der Waals surface area contributed by atoms with E-state index in [1.807, 2.05) is 13.0 Å². The number of hydrogen-bond acceptors (Lipinski definition) is 4. The molecule has 1 aromatic rings. The van der Waals surface area contributed by atoms with Crippen molar-refractivity contribution in [1.29, 1.82) is 0 Å². The highest BCUT2D eigenvalue weighted by Gasteiger charge is 2.31. The van der Waals surface area contributed by atoms with Gasteiger partial charge in [-0.2, -0.15) is 0 Å². The summed E-state index contributed by atoms with van der Waals surface area (Å²) in [6.07, 6.45) is 2.61. The molecule has 1 fully saturated rings. The molecule has 2 aliphatic rings. The van der Waals surface area contributed by atoms with E-state index in [1.54, 1.807) is 0 Å². The van der Waals surface area contributed by atoms with Gasteiger partial charge in [0.1, 0.15) is 6.54 Å². The van der Waals surface area contributed by atoms with Gasteiger partial charge in [-0.3, -0.25) is 4.79 Å². The van der Waals surface area contributed by atoms with Crippen molar-refractivity contribution >= 4 is 11.7 Å². The summed E-state index contributed by atoms with van der Waals surface area (Å²) in [5.41, 5.74) is 2.54. The molecule has 20 heavy (non-hydrogen) atoms. The monoisotopic (exact) mass is 274 g/mol. The summed E-state index contributed by atoms with van der Waals surface area (Å²) in [7, 11) is 0. The first kappa shape index (κ1) is 13.4. The lowest BCUT2D eigenvalue weighted by Crippen LogP contribution is -2.32. The zero-order valence-electron chi connectivity index (χ0n) is 12.0. The molecule has 1 aromatic carbocycles. The molecule has 0 saturated heterocycles. The van der Waals surface area contributed by atoms with E-state index < -0.39 is 0 Å². The standard InChI is InChI=1S/C16H22N2O2/c1-2-20-16(19)11-18-10-12(9-17-13-7-8-13)14-5-3-4-6-15(14)18/h3-6,12-13,17H,2,7-11H2,1H3.